The Balaban J connectivity index is 1.39. The Morgan fingerprint density at radius 1 is 1.09 bits per heavy atom. The molecule has 0 radical (unpaired) electrons. The van der Waals surface area contributed by atoms with Crippen molar-refractivity contribution in [2.45, 2.75) is 33.9 Å². The van der Waals surface area contributed by atoms with Crippen molar-refractivity contribution in [2.75, 3.05) is 26.2 Å². The van der Waals surface area contributed by atoms with Gasteiger partial charge in [-0.1, -0.05) is 28.9 Å². The van der Waals surface area contributed by atoms with Crippen molar-refractivity contribution in [3.05, 3.63) is 80.9 Å². The highest BCUT2D eigenvalue weighted by atomic mass is 35.5. The summed E-state index contributed by atoms with van der Waals surface area (Å²) in [6.07, 6.45) is 0. The van der Waals surface area contributed by atoms with Crippen LogP contribution in [0.2, 0.25) is 5.02 Å². The number of carbonyl (C=O) groups excluding carboxylic acids is 1. The molecule has 1 saturated heterocycles. The topological polar surface area (TPSA) is 58.8 Å². The molecule has 0 N–H and O–H groups in total. The summed E-state index contributed by atoms with van der Waals surface area (Å²) >= 11 is 6.16. The molecule has 0 spiro atoms. The summed E-state index contributed by atoms with van der Waals surface area (Å²) in [6, 6.07) is 10.7. The number of hydrogen-bond donors (Lipinski definition) is 0. The number of ether oxygens (including phenoxy) is 1. The van der Waals surface area contributed by atoms with Gasteiger partial charge in [-0.05, 0) is 56.2 Å². The number of halogens is 2. The number of aryl methyl sites for hydroxylation is 3. The number of hydrogen-bond acceptors (Lipinski definition) is 5. The molecule has 8 heteroatoms. The van der Waals surface area contributed by atoms with Gasteiger partial charge in [0.25, 0.3) is 5.91 Å². The molecule has 3 aromatic rings. The first-order valence-electron chi connectivity index (χ1n) is 10.9. The molecule has 2 aromatic carbocycles. The number of nitrogens with zero attached hydrogens (tertiary/aromatic N) is 3. The molecule has 1 aliphatic rings. The Kier molecular flexibility index (Phi) is 7.00. The Morgan fingerprint density at radius 3 is 2.45 bits per heavy atom. The number of piperazine rings is 1. The monoisotopic (exact) mass is 471 g/mol. The lowest BCUT2D eigenvalue weighted by atomic mass is 10.1. The summed E-state index contributed by atoms with van der Waals surface area (Å²) in [5.74, 6) is 0.810. The molecule has 1 aromatic heterocycles. The maximum atomic E-state index is 14.1. The van der Waals surface area contributed by atoms with E-state index in [4.69, 9.17) is 20.9 Å². The summed E-state index contributed by atoms with van der Waals surface area (Å²) in [4.78, 5) is 17.0. The van der Waals surface area contributed by atoms with Crippen LogP contribution in [0.1, 0.15) is 38.5 Å². The van der Waals surface area contributed by atoms with E-state index >= 15 is 0 Å². The molecule has 1 fully saturated rings. The van der Waals surface area contributed by atoms with Gasteiger partial charge in [0, 0.05) is 43.3 Å². The van der Waals surface area contributed by atoms with Crippen LogP contribution < -0.4 is 4.74 Å². The van der Waals surface area contributed by atoms with Gasteiger partial charge >= 0.3 is 0 Å². The lowest BCUT2D eigenvalue weighted by molar-refractivity contribution is 0.0615. The van der Waals surface area contributed by atoms with Crippen molar-refractivity contribution in [1.29, 1.82) is 0 Å². The van der Waals surface area contributed by atoms with Gasteiger partial charge in [-0.25, -0.2) is 4.39 Å². The van der Waals surface area contributed by atoms with Crippen molar-refractivity contribution >= 4 is 17.5 Å². The predicted molar refractivity (Wildman–Crippen MR) is 124 cm³/mol. The van der Waals surface area contributed by atoms with E-state index in [2.05, 4.69) is 16.1 Å². The Morgan fingerprint density at radius 2 is 1.79 bits per heavy atom. The molecule has 0 unspecified atom stereocenters. The van der Waals surface area contributed by atoms with Crippen LogP contribution in [0.25, 0.3) is 0 Å². The molecule has 2 heterocycles. The van der Waals surface area contributed by atoms with Crippen LogP contribution in [0.3, 0.4) is 0 Å². The van der Waals surface area contributed by atoms with E-state index in [0.29, 0.717) is 54.6 Å². The average Bonchev–Trinajstić information content (AvgIpc) is 3.14. The van der Waals surface area contributed by atoms with E-state index in [-0.39, 0.29) is 24.0 Å². The van der Waals surface area contributed by atoms with E-state index in [1.807, 2.05) is 26.0 Å². The minimum Gasteiger partial charge on any atom is -0.489 e. The zero-order valence-electron chi connectivity index (χ0n) is 19.0. The fourth-order valence-electron chi connectivity index (χ4n) is 4.07. The molecule has 0 atom stereocenters. The normalized spacial score (nSPS) is 14.5. The van der Waals surface area contributed by atoms with Crippen LogP contribution in [0.5, 0.6) is 5.75 Å². The van der Waals surface area contributed by atoms with E-state index in [1.165, 1.54) is 6.07 Å². The van der Waals surface area contributed by atoms with Crippen molar-refractivity contribution in [1.82, 2.24) is 15.0 Å². The van der Waals surface area contributed by atoms with Crippen LogP contribution in [-0.4, -0.2) is 47.0 Å². The molecule has 33 heavy (non-hydrogen) atoms. The summed E-state index contributed by atoms with van der Waals surface area (Å²) < 4.78 is 25.4. The lowest BCUT2D eigenvalue weighted by Crippen LogP contribution is -2.48. The van der Waals surface area contributed by atoms with Gasteiger partial charge in [-0.3, -0.25) is 9.69 Å². The first-order chi connectivity index (χ1) is 15.8. The molecular weight excluding hydrogens is 445 g/mol. The lowest BCUT2D eigenvalue weighted by Gasteiger charge is -2.34. The van der Waals surface area contributed by atoms with Gasteiger partial charge in [-0.15, -0.1) is 0 Å². The molecule has 6 nitrogen and oxygen atoms in total. The van der Waals surface area contributed by atoms with Crippen LogP contribution in [0, 0.1) is 26.6 Å². The number of rotatable bonds is 6. The minimum absolute atomic E-state index is 0.186. The van der Waals surface area contributed by atoms with Crippen molar-refractivity contribution in [3.8, 4) is 5.75 Å². The second-order valence-corrected chi connectivity index (χ2v) is 8.85. The molecule has 1 aliphatic heterocycles. The fraction of sp³-hybridized carbons (Fsp3) is 0.360. The minimum atomic E-state index is -0.312. The number of carbonyl (C=O) groups is 1. The first kappa shape index (κ1) is 23.3. The molecular formula is C25H27ClFN3O3. The van der Waals surface area contributed by atoms with Gasteiger partial charge in [0.1, 0.15) is 23.9 Å². The van der Waals surface area contributed by atoms with E-state index in [9.17, 15) is 9.18 Å². The number of aromatic nitrogens is 1. The highest BCUT2D eigenvalue weighted by molar-refractivity contribution is 6.31. The molecule has 4 rings (SSSR count). The van der Waals surface area contributed by atoms with Crippen LogP contribution in [0.15, 0.2) is 40.9 Å². The van der Waals surface area contributed by atoms with Crippen LogP contribution in [-0.2, 0) is 13.2 Å². The van der Waals surface area contributed by atoms with Gasteiger partial charge in [-0.2, -0.15) is 0 Å². The molecule has 0 bridgehead atoms. The fourth-order valence-corrected chi connectivity index (χ4v) is 4.29. The quantitative estimate of drug-likeness (QED) is 0.510. The third kappa shape index (κ3) is 5.37. The third-order valence-electron chi connectivity index (χ3n) is 5.87. The smallest absolute Gasteiger partial charge is 0.276 e. The Hall–Kier alpha value is -2.90. The molecule has 174 valence electrons. The zero-order chi connectivity index (χ0) is 23.5. The van der Waals surface area contributed by atoms with Crippen LogP contribution >= 0.6 is 11.6 Å². The zero-order valence-corrected chi connectivity index (χ0v) is 19.8. The van der Waals surface area contributed by atoms with E-state index < -0.39 is 0 Å². The summed E-state index contributed by atoms with van der Waals surface area (Å²) in [6.45, 7) is 8.65. The molecule has 1 amide bonds. The average molecular weight is 472 g/mol. The SMILES string of the molecule is Cc1cc(C)cc(OCc2c(C(=O)N3CCN(Cc4c(F)cccc4Cl)CC3)noc2C)c1. The summed E-state index contributed by atoms with van der Waals surface area (Å²) in [5.41, 5.74) is 3.63. The van der Waals surface area contributed by atoms with Crippen molar-refractivity contribution < 1.29 is 18.4 Å². The maximum absolute atomic E-state index is 14.1. The predicted octanol–water partition coefficient (Wildman–Crippen LogP) is 4.93. The number of amides is 1. The van der Waals surface area contributed by atoms with Crippen molar-refractivity contribution in [2.24, 2.45) is 0 Å². The summed E-state index contributed by atoms with van der Waals surface area (Å²) in [7, 11) is 0. The van der Waals surface area contributed by atoms with Gasteiger partial charge in [0.15, 0.2) is 5.69 Å². The van der Waals surface area contributed by atoms with Crippen LogP contribution in [0.4, 0.5) is 4.39 Å². The Labute approximate surface area is 197 Å². The standard InChI is InChI=1S/C25H27ClFN3O3/c1-16-11-17(2)13-19(12-16)32-15-21-18(3)33-28-24(21)25(31)30-9-7-29(8-10-30)14-20-22(26)5-4-6-23(20)27/h4-6,11-13H,7-10,14-15H2,1-3H3. The largest absolute Gasteiger partial charge is 0.489 e. The molecule has 0 saturated carbocycles. The maximum Gasteiger partial charge on any atom is 0.276 e. The Bertz CT molecular complexity index is 1120. The second kappa shape index (κ2) is 9.93. The highest BCUT2D eigenvalue weighted by Gasteiger charge is 2.28. The van der Waals surface area contributed by atoms with Gasteiger partial charge in [0.2, 0.25) is 0 Å². The summed E-state index contributed by atoms with van der Waals surface area (Å²) in [5, 5.41) is 4.44. The highest BCUT2D eigenvalue weighted by Crippen LogP contribution is 2.23. The van der Waals surface area contributed by atoms with Gasteiger partial charge in [0.05, 0.1) is 5.56 Å². The van der Waals surface area contributed by atoms with E-state index in [0.717, 1.165) is 16.9 Å². The molecule has 0 aliphatic carbocycles. The van der Waals surface area contributed by atoms with Crippen molar-refractivity contribution in [3.63, 3.8) is 0 Å². The number of benzene rings is 2. The van der Waals surface area contributed by atoms with Gasteiger partial charge < -0.3 is 14.2 Å². The second-order valence-electron chi connectivity index (χ2n) is 8.45. The third-order valence-corrected chi connectivity index (χ3v) is 6.22. The first-order valence-corrected chi connectivity index (χ1v) is 11.3. The van der Waals surface area contributed by atoms with E-state index in [1.54, 1.807) is 24.0 Å².